The predicted octanol–water partition coefficient (Wildman–Crippen LogP) is 2.63. The van der Waals surface area contributed by atoms with Crippen molar-refractivity contribution in [3.05, 3.63) is 11.9 Å². The summed E-state index contributed by atoms with van der Waals surface area (Å²) < 4.78 is 0. The summed E-state index contributed by atoms with van der Waals surface area (Å²) in [6.45, 7) is 5.26. The molecule has 0 fully saturated rings. The molecule has 5 heteroatoms. The van der Waals surface area contributed by atoms with Gasteiger partial charge in [0, 0.05) is 31.3 Å². The average molecular weight is 254 g/mol. The van der Waals surface area contributed by atoms with Gasteiger partial charge in [0.1, 0.15) is 17.5 Å². The Morgan fingerprint density at radius 3 is 2.65 bits per heavy atom. The summed E-state index contributed by atoms with van der Waals surface area (Å²) in [7, 11) is 1.88. The van der Waals surface area contributed by atoms with Crippen LogP contribution in [0.2, 0.25) is 0 Å². The number of rotatable bonds is 7. The van der Waals surface area contributed by atoms with Gasteiger partial charge < -0.3 is 10.6 Å². The minimum atomic E-state index is 0.581. The molecular formula is C12H22N4S. The van der Waals surface area contributed by atoms with Gasteiger partial charge in [-0.1, -0.05) is 13.8 Å². The van der Waals surface area contributed by atoms with Crippen molar-refractivity contribution in [2.75, 3.05) is 30.5 Å². The third-order valence-corrected chi connectivity index (χ3v) is 3.45. The zero-order valence-corrected chi connectivity index (χ0v) is 11.9. The standard InChI is InChI=1S/C12H22N4S/c1-5-6-10-15-11(13-3)7-12(16-10)14-8-9(2)17-4/h7,9H,5-6,8H2,1-4H3,(H2,13,14,15,16). The lowest BCUT2D eigenvalue weighted by Gasteiger charge is -2.12. The number of thioether (sulfide) groups is 1. The van der Waals surface area contributed by atoms with Crippen molar-refractivity contribution >= 4 is 23.4 Å². The number of hydrogen-bond donors (Lipinski definition) is 2. The van der Waals surface area contributed by atoms with Gasteiger partial charge in [0.05, 0.1) is 0 Å². The molecule has 0 bridgehead atoms. The largest absolute Gasteiger partial charge is 0.373 e. The number of anilines is 2. The van der Waals surface area contributed by atoms with E-state index < -0.39 is 0 Å². The van der Waals surface area contributed by atoms with Gasteiger partial charge in [-0.25, -0.2) is 9.97 Å². The normalized spacial score (nSPS) is 12.2. The molecule has 1 aromatic rings. The fourth-order valence-electron chi connectivity index (χ4n) is 1.38. The Labute approximate surface area is 108 Å². The molecule has 0 aliphatic carbocycles. The summed E-state index contributed by atoms with van der Waals surface area (Å²) in [5.41, 5.74) is 0. The maximum absolute atomic E-state index is 4.51. The van der Waals surface area contributed by atoms with E-state index in [-0.39, 0.29) is 0 Å². The number of nitrogens with zero attached hydrogens (tertiary/aromatic N) is 2. The Morgan fingerprint density at radius 2 is 2.06 bits per heavy atom. The Hall–Kier alpha value is -0.970. The van der Waals surface area contributed by atoms with Gasteiger partial charge in [-0.15, -0.1) is 0 Å². The lowest BCUT2D eigenvalue weighted by molar-refractivity contribution is 0.834. The van der Waals surface area contributed by atoms with Crippen LogP contribution in [0.4, 0.5) is 11.6 Å². The Morgan fingerprint density at radius 1 is 1.35 bits per heavy atom. The Balaban J connectivity index is 2.72. The minimum Gasteiger partial charge on any atom is -0.373 e. The Bertz CT molecular complexity index is 343. The molecule has 1 atom stereocenters. The van der Waals surface area contributed by atoms with Crippen LogP contribution in [0, 0.1) is 0 Å². The quantitative estimate of drug-likeness (QED) is 0.783. The van der Waals surface area contributed by atoms with Gasteiger partial charge in [0.2, 0.25) is 0 Å². The van der Waals surface area contributed by atoms with E-state index in [2.05, 4.69) is 40.7 Å². The molecule has 96 valence electrons. The molecule has 0 radical (unpaired) electrons. The Kier molecular flexibility index (Phi) is 6.11. The van der Waals surface area contributed by atoms with Crippen molar-refractivity contribution in [2.24, 2.45) is 0 Å². The minimum absolute atomic E-state index is 0.581. The molecule has 0 saturated heterocycles. The monoisotopic (exact) mass is 254 g/mol. The molecule has 0 aliphatic rings. The summed E-state index contributed by atoms with van der Waals surface area (Å²) in [6, 6.07) is 1.95. The van der Waals surface area contributed by atoms with Crippen molar-refractivity contribution in [3.8, 4) is 0 Å². The first-order valence-electron chi connectivity index (χ1n) is 6.02. The van der Waals surface area contributed by atoms with Gasteiger partial charge in [0.25, 0.3) is 0 Å². The first-order chi connectivity index (χ1) is 8.19. The first kappa shape index (κ1) is 14.1. The molecule has 1 heterocycles. The summed E-state index contributed by atoms with van der Waals surface area (Å²) in [6.07, 6.45) is 4.10. The lowest BCUT2D eigenvalue weighted by Crippen LogP contribution is -2.14. The van der Waals surface area contributed by atoms with E-state index in [4.69, 9.17) is 0 Å². The van der Waals surface area contributed by atoms with E-state index in [1.165, 1.54) is 0 Å². The smallest absolute Gasteiger partial charge is 0.133 e. The summed E-state index contributed by atoms with van der Waals surface area (Å²) in [5.74, 6) is 2.69. The topological polar surface area (TPSA) is 49.8 Å². The summed E-state index contributed by atoms with van der Waals surface area (Å²) in [5, 5.41) is 7.01. The zero-order valence-electron chi connectivity index (χ0n) is 11.1. The fraction of sp³-hybridized carbons (Fsp3) is 0.667. The van der Waals surface area contributed by atoms with Crippen molar-refractivity contribution in [1.29, 1.82) is 0 Å². The molecule has 0 aromatic carbocycles. The molecule has 1 rings (SSSR count). The first-order valence-corrected chi connectivity index (χ1v) is 7.30. The van der Waals surface area contributed by atoms with E-state index in [0.717, 1.165) is 36.8 Å². The lowest BCUT2D eigenvalue weighted by atomic mass is 10.3. The second-order valence-corrected chi connectivity index (χ2v) is 5.26. The predicted molar refractivity (Wildman–Crippen MR) is 77.0 cm³/mol. The van der Waals surface area contributed by atoms with Crippen LogP contribution in [0.25, 0.3) is 0 Å². The average Bonchev–Trinajstić information content (AvgIpc) is 2.36. The molecule has 0 spiro atoms. The van der Waals surface area contributed by atoms with Gasteiger partial charge in [-0.05, 0) is 12.7 Å². The van der Waals surface area contributed by atoms with Crippen LogP contribution in [0.5, 0.6) is 0 Å². The highest BCUT2D eigenvalue weighted by molar-refractivity contribution is 7.99. The summed E-state index contributed by atoms with van der Waals surface area (Å²) in [4.78, 5) is 8.93. The number of hydrogen-bond acceptors (Lipinski definition) is 5. The molecule has 1 aromatic heterocycles. The molecule has 0 amide bonds. The molecular weight excluding hydrogens is 232 g/mol. The SMILES string of the molecule is CCCc1nc(NC)cc(NCC(C)SC)n1. The van der Waals surface area contributed by atoms with Crippen molar-refractivity contribution in [2.45, 2.75) is 31.9 Å². The van der Waals surface area contributed by atoms with E-state index in [1.807, 2.05) is 24.9 Å². The second kappa shape index (κ2) is 7.37. The van der Waals surface area contributed by atoms with Crippen molar-refractivity contribution < 1.29 is 0 Å². The fourth-order valence-corrected chi connectivity index (χ4v) is 1.63. The highest BCUT2D eigenvalue weighted by Gasteiger charge is 2.04. The number of aryl methyl sites for hydroxylation is 1. The maximum Gasteiger partial charge on any atom is 0.133 e. The van der Waals surface area contributed by atoms with Crippen LogP contribution < -0.4 is 10.6 Å². The van der Waals surface area contributed by atoms with E-state index in [1.54, 1.807) is 0 Å². The molecule has 2 N–H and O–H groups in total. The van der Waals surface area contributed by atoms with Crippen LogP contribution in [0.3, 0.4) is 0 Å². The van der Waals surface area contributed by atoms with E-state index >= 15 is 0 Å². The van der Waals surface area contributed by atoms with Crippen LogP contribution in [-0.4, -0.2) is 35.1 Å². The van der Waals surface area contributed by atoms with E-state index in [0.29, 0.717) is 5.25 Å². The van der Waals surface area contributed by atoms with E-state index in [9.17, 15) is 0 Å². The highest BCUT2D eigenvalue weighted by Crippen LogP contribution is 2.13. The molecule has 4 nitrogen and oxygen atoms in total. The van der Waals surface area contributed by atoms with Gasteiger partial charge >= 0.3 is 0 Å². The van der Waals surface area contributed by atoms with Crippen LogP contribution in [0.15, 0.2) is 6.07 Å². The molecule has 17 heavy (non-hydrogen) atoms. The number of nitrogens with one attached hydrogen (secondary N) is 2. The third-order valence-electron chi connectivity index (χ3n) is 2.48. The van der Waals surface area contributed by atoms with Crippen LogP contribution in [0.1, 0.15) is 26.1 Å². The summed E-state index contributed by atoms with van der Waals surface area (Å²) >= 11 is 1.85. The van der Waals surface area contributed by atoms with Gasteiger partial charge in [-0.3, -0.25) is 0 Å². The van der Waals surface area contributed by atoms with Crippen molar-refractivity contribution in [3.63, 3.8) is 0 Å². The van der Waals surface area contributed by atoms with Gasteiger partial charge in [0.15, 0.2) is 0 Å². The highest BCUT2D eigenvalue weighted by atomic mass is 32.2. The van der Waals surface area contributed by atoms with Crippen LogP contribution in [-0.2, 0) is 6.42 Å². The molecule has 0 saturated carbocycles. The zero-order chi connectivity index (χ0) is 12.7. The maximum atomic E-state index is 4.51. The third kappa shape index (κ3) is 4.81. The van der Waals surface area contributed by atoms with Crippen molar-refractivity contribution in [1.82, 2.24) is 9.97 Å². The number of aromatic nitrogens is 2. The molecule has 1 unspecified atom stereocenters. The second-order valence-electron chi connectivity index (χ2n) is 3.98. The van der Waals surface area contributed by atoms with Gasteiger partial charge in [-0.2, -0.15) is 11.8 Å². The molecule has 0 aliphatic heterocycles. The van der Waals surface area contributed by atoms with Crippen LogP contribution >= 0.6 is 11.8 Å².